The summed E-state index contributed by atoms with van der Waals surface area (Å²) in [5, 5.41) is 0. The summed E-state index contributed by atoms with van der Waals surface area (Å²) in [6.45, 7) is 0.935. The van der Waals surface area contributed by atoms with E-state index >= 15 is 0 Å². The maximum absolute atomic E-state index is 12.9. The van der Waals surface area contributed by atoms with Crippen LogP contribution in [0.5, 0.6) is 0 Å². The van der Waals surface area contributed by atoms with Crippen LogP contribution in [-0.4, -0.2) is 6.67 Å². The SMILES string of the molecule is Cc1c(F)cccc1[C@H](N)CF.Cl. The molecule has 0 aliphatic carbocycles. The molecule has 0 saturated carbocycles. The summed E-state index contributed by atoms with van der Waals surface area (Å²) in [5.74, 6) is -0.337. The van der Waals surface area contributed by atoms with Gasteiger partial charge in [-0.1, -0.05) is 12.1 Å². The van der Waals surface area contributed by atoms with Crippen molar-refractivity contribution in [3.8, 4) is 0 Å². The largest absolute Gasteiger partial charge is 0.322 e. The maximum atomic E-state index is 12.9. The first-order valence-corrected chi connectivity index (χ1v) is 3.73. The predicted octanol–water partition coefficient (Wildman–Crippen LogP) is 2.53. The second kappa shape index (κ2) is 5.14. The summed E-state index contributed by atoms with van der Waals surface area (Å²) < 4.78 is 25.0. The van der Waals surface area contributed by atoms with Gasteiger partial charge in [0.15, 0.2) is 0 Å². The number of benzene rings is 1. The molecule has 0 amide bonds. The standard InChI is InChI=1S/C9H11F2N.ClH/c1-6-7(9(12)5-10)3-2-4-8(6)11;/h2-4,9H,5,12H2,1H3;1H/t9-;/m1./s1. The van der Waals surface area contributed by atoms with Crippen LogP contribution in [0.2, 0.25) is 0 Å². The fourth-order valence-corrected chi connectivity index (χ4v) is 1.11. The lowest BCUT2D eigenvalue weighted by atomic mass is 10.0. The Bertz CT molecular complexity index is 278. The van der Waals surface area contributed by atoms with Gasteiger partial charge >= 0.3 is 0 Å². The molecule has 0 spiro atoms. The van der Waals surface area contributed by atoms with Crippen molar-refractivity contribution >= 4 is 12.4 Å². The second-order valence-corrected chi connectivity index (χ2v) is 2.71. The van der Waals surface area contributed by atoms with E-state index in [9.17, 15) is 8.78 Å². The van der Waals surface area contributed by atoms with Crippen molar-refractivity contribution in [3.05, 3.63) is 35.1 Å². The molecule has 0 heterocycles. The summed E-state index contributed by atoms with van der Waals surface area (Å²) in [6.07, 6.45) is 0. The zero-order valence-electron chi connectivity index (χ0n) is 7.26. The highest BCUT2D eigenvalue weighted by Gasteiger charge is 2.10. The van der Waals surface area contributed by atoms with Crippen molar-refractivity contribution in [2.75, 3.05) is 6.67 Å². The van der Waals surface area contributed by atoms with Crippen LogP contribution in [0.1, 0.15) is 17.2 Å². The Kier molecular flexibility index (Phi) is 4.88. The molecule has 74 valence electrons. The van der Waals surface area contributed by atoms with E-state index in [0.717, 1.165) is 0 Å². The fourth-order valence-electron chi connectivity index (χ4n) is 1.11. The van der Waals surface area contributed by atoms with E-state index in [1.165, 1.54) is 12.1 Å². The topological polar surface area (TPSA) is 26.0 Å². The molecule has 2 N–H and O–H groups in total. The van der Waals surface area contributed by atoms with E-state index in [1.54, 1.807) is 13.0 Å². The van der Waals surface area contributed by atoms with Crippen LogP contribution in [-0.2, 0) is 0 Å². The van der Waals surface area contributed by atoms with Crippen molar-refractivity contribution in [2.45, 2.75) is 13.0 Å². The van der Waals surface area contributed by atoms with Gasteiger partial charge in [0.2, 0.25) is 0 Å². The molecule has 0 bridgehead atoms. The Morgan fingerprint density at radius 2 is 2.08 bits per heavy atom. The van der Waals surface area contributed by atoms with Crippen LogP contribution < -0.4 is 5.73 Å². The molecule has 13 heavy (non-hydrogen) atoms. The molecule has 0 aliphatic rings. The van der Waals surface area contributed by atoms with Gasteiger partial charge in [-0.25, -0.2) is 8.78 Å². The van der Waals surface area contributed by atoms with Gasteiger partial charge in [0.1, 0.15) is 12.5 Å². The average Bonchev–Trinajstić information content (AvgIpc) is 2.08. The van der Waals surface area contributed by atoms with Gasteiger partial charge in [0, 0.05) is 0 Å². The minimum absolute atomic E-state index is 0. The molecule has 0 fully saturated rings. The molecule has 0 saturated heterocycles. The normalized spacial score (nSPS) is 12.0. The zero-order chi connectivity index (χ0) is 9.14. The Morgan fingerprint density at radius 1 is 1.46 bits per heavy atom. The van der Waals surface area contributed by atoms with Crippen molar-refractivity contribution in [2.24, 2.45) is 5.73 Å². The Hall–Kier alpha value is -0.670. The van der Waals surface area contributed by atoms with Crippen molar-refractivity contribution in [1.29, 1.82) is 0 Å². The van der Waals surface area contributed by atoms with Gasteiger partial charge in [-0.3, -0.25) is 0 Å². The van der Waals surface area contributed by atoms with E-state index < -0.39 is 12.7 Å². The third kappa shape index (κ3) is 2.64. The van der Waals surface area contributed by atoms with Crippen molar-refractivity contribution in [3.63, 3.8) is 0 Å². The molecule has 0 unspecified atom stereocenters. The van der Waals surface area contributed by atoms with Gasteiger partial charge in [0.05, 0.1) is 6.04 Å². The van der Waals surface area contributed by atoms with E-state index in [2.05, 4.69) is 0 Å². The van der Waals surface area contributed by atoms with Gasteiger partial charge in [0.25, 0.3) is 0 Å². The lowest BCUT2D eigenvalue weighted by Gasteiger charge is -2.10. The van der Waals surface area contributed by atoms with Crippen LogP contribution in [0.15, 0.2) is 18.2 Å². The Labute approximate surface area is 82.4 Å². The van der Waals surface area contributed by atoms with Crippen LogP contribution in [0.3, 0.4) is 0 Å². The molecule has 1 aromatic rings. The summed E-state index contributed by atoms with van der Waals surface area (Å²) in [7, 11) is 0. The van der Waals surface area contributed by atoms with Gasteiger partial charge in [-0.05, 0) is 24.1 Å². The van der Waals surface area contributed by atoms with Gasteiger partial charge < -0.3 is 5.73 Å². The van der Waals surface area contributed by atoms with Gasteiger partial charge in [-0.15, -0.1) is 12.4 Å². The van der Waals surface area contributed by atoms with E-state index in [4.69, 9.17) is 5.73 Å². The number of nitrogens with two attached hydrogens (primary N) is 1. The number of hydrogen-bond donors (Lipinski definition) is 1. The minimum Gasteiger partial charge on any atom is -0.322 e. The Balaban J connectivity index is 0.00000144. The molecule has 0 radical (unpaired) electrons. The molecule has 1 nitrogen and oxygen atoms in total. The third-order valence-electron chi connectivity index (χ3n) is 1.88. The number of alkyl halides is 1. The predicted molar refractivity (Wildman–Crippen MR) is 51.3 cm³/mol. The highest BCUT2D eigenvalue weighted by molar-refractivity contribution is 5.85. The van der Waals surface area contributed by atoms with Crippen LogP contribution in [0.4, 0.5) is 8.78 Å². The average molecular weight is 208 g/mol. The zero-order valence-corrected chi connectivity index (χ0v) is 8.07. The molecule has 0 aromatic heterocycles. The summed E-state index contributed by atoms with van der Waals surface area (Å²) in [5.41, 5.74) is 6.39. The van der Waals surface area contributed by atoms with E-state index in [-0.39, 0.29) is 18.2 Å². The Morgan fingerprint density at radius 3 is 2.62 bits per heavy atom. The van der Waals surface area contributed by atoms with Crippen LogP contribution in [0, 0.1) is 12.7 Å². The molecular formula is C9H12ClF2N. The maximum Gasteiger partial charge on any atom is 0.126 e. The summed E-state index contributed by atoms with van der Waals surface area (Å²) in [6, 6.07) is 3.81. The van der Waals surface area contributed by atoms with E-state index in [0.29, 0.717) is 11.1 Å². The van der Waals surface area contributed by atoms with Gasteiger partial charge in [-0.2, -0.15) is 0 Å². The minimum atomic E-state index is -0.708. The van der Waals surface area contributed by atoms with Crippen LogP contribution in [0.25, 0.3) is 0 Å². The lowest BCUT2D eigenvalue weighted by molar-refractivity contribution is 0.434. The van der Waals surface area contributed by atoms with Crippen molar-refractivity contribution < 1.29 is 8.78 Å². The monoisotopic (exact) mass is 207 g/mol. The molecule has 0 aliphatic heterocycles. The number of halogens is 3. The highest BCUT2D eigenvalue weighted by Crippen LogP contribution is 2.18. The number of rotatable bonds is 2. The fraction of sp³-hybridized carbons (Fsp3) is 0.333. The molecule has 1 rings (SSSR count). The first-order chi connectivity index (χ1) is 5.66. The first-order valence-electron chi connectivity index (χ1n) is 3.73. The molecular weight excluding hydrogens is 196 g/mol. The van der Waals surface area contributed by atoms with Crippen molar-refractivity contribution in [1.82, 2.24) is 0 Å². The smallest absolute Gasteiger partial charge is 0.126 e. The molecule has 4 heteroatoms. The summed E-state index contributed by atoms with van der Waals surface area (Å²) in [4.78, 5) is 0. The van der Waals surface area contributed by atoms with E-state index in [1.807, 2.05) is 0 Å². The molecule has 1 atom stereocenters. The van der Waals surface area contributed by atoms with Crippen LogP contribution >= 0.6 is 12.4 Å². The second-order valence-electron chi connectivity index (χ2n) is 2.71. The lowest BCUT2D eigenvalue weighted by Crippen LogP contribution is -2.14. The number of hydrogen-bond acceptors (Lipinski definition) is 1. The third-order valence-corrected chi connectivity index (χ3v) is 1.88. The quantitative estimate of drug-likeness (QED) is 0.793. The summed E-state index contributed by atoms with van der Waals surface area (Å²) >= 11 is 0. The highest BCUT2D eigenvalue weighted by atomic mass is 35.5. The first kappa shape index (κ1) is 12.3. The molecule has 1 aromatic carbocycles.